The largest absolute Gasteiger partial charge is 0.396 e. The van der Waals surface area contributed by atoms with Crippen molar-refractivity contribution in [3.63, 3.8) is 0 Å². The first-order valence-corrected chi connectivity index (χ1v) is 7.70. The van der Waals surface area contributed by atoms with Gasteiger partial charge in [0.1, 0.15) is 0 Å². The summed E-state index contributed by atoms with van der Waals surface area (Å²) < 4.78 is 25.7. The Morgan fingerprint density at radius 3 is 2.26 bits per heavy atom. The Kier molecular flexibility index (Phi) is 6.67. The number of alkyl halides is 2. The van der Waals surface area contributed by atoms with Gasteiger partial charge in [-0.2, -0.15) is 0 Å². The number of halogens is 2. The van der Waals surface area contributed by atoms with E-state index in [4.69, 9.17) is 5.11 Å². The highest BCUT2D eigenvalue weighted by molar-refractivity contribution is 4.93. The zero-order valence-corrected chi connectivity index (χ0v) is 12.5. The minimum absolute atomic E-state index is 0.0928. The highest BCUT2D eigenvalue weighted by Crippen LogP contribution is 2.49. The lowest BCUT2D eigenvalue weighted by Gasteiger charge is -2.33. The summed E-state index contributed by atoms with van der Waals surface area (Å²) in [4.78, 5) is 1.89. The van der Waals surface area contributed by atoms with Crippen LogP contribution in [0.1, 0.15) is 46.5 Å². The molecule has 0 aromatic carbocycles. The van der Waals surface area contributed by atoms with Gasteiger partial charge in [-0.1, -0.05) is 13.8 Å². The van der Waals surface area contributed by atoms with Gasteiger partial charge in [-0.05, 0) is 56.5 Å². The topological polar surface area (TPSA) is 23.5 Å². The number of piperidine rings is 1. The van der Waals surface area contributed by atoms with Gasteiger partial charge in [-0.25, -0.2) is 8.78 Å². The summed E-state index contributed by atoms with van der Waals surface area (Å²) in [5.74, 6) is -0.366. The van der Waals surface area contributed by atoms with E-state index in [1.54, 1.807) is 0 Å². The quantitative estimate of drug-likeness (QED) is 0.832. The molecule has 1 saturated carbocycles. The van der Waals surface area contributed by atoms with Crippen molar-refractivity contribution in [3.8, 4) is 0 Å². The molecule has 2 aliphatic rings. The second kappa shape index (κ2) is 7.53. The molecule has 1 aliphatic carbocycles. The third kappa shape index (κ3) is 5.74. The Labute approximate surface area is 116 Å². The Hall–Kier alpha value is -0.220. The van der Waals surface area contributed by atoms with Crippen molar-refractivity contribution in [2.75, 3.05) is 26.2 Å². The summed E-state index contributed by atoms with van der Waals surface area (Å²) in [7, 11) is 0. The molecule has 0 aromatic rings. The summed E-state index contributed by atoms with van der Waals surface area (Å²) in [6, 6.07) is 0. The third-order valence-electron chi connectivity index (χ3n) is 4.22. The average Bonchev–Trinajstić information content (AvgIpc) is 3.11. The van der Waals surface area contributed by atoms with Gasteiger partial charge in [-0.15, -0.1) is 0 Å². The molecule has 19 heavy (non-hydrogen) atoms. The molecule has 1 N–H and O–H groups in total. The molecule has 114 valence electrons. The highest BCUT2D eigenvalue weighted by Gasteiger charge is 2.43. The van der Waals surface area contributed by atoms with Crippen molar-refractivity contribution in [1.82, 2.24) is 4.90 Å². The predicted molar refractivity (Wildman–Crippen MR) is 74.4 cm³/mol. The van der Waals surface area contributed by atoms with E-state index >= 15 is 0 Å². The summed E-state index contributed by atoms with van der Waals surface area (Å²) >= 11 is 0. The number of rotatable bonds is 5. The molecule has 0 aromatic heterocycles. The lowest BCUT2D eigenvalue weighted by molar-refractivity contribution is -0.0232. The Bertz CT molecular complexity index is 247. The van der Waals surface area contributed by atoms with Crippen LogP contribution in [0.2, 0.25) is 0 Å². The molecule has 0 spiro atoms. The van der Waals surface area contributed by atoms with Crippen LogP contribution in [0.3, 0.4) is 0 Å². The van der Waals surface area contributed by atoms with Crippen LogP contribution >= 0.6 is 0 Å². The highest BCUT2D eigenvalue weighted by atomic mass is 19.3. The van der Waals surface area contributed by atoms with Gasteiger partial charge >= 0.3 is 0 Å². The van der Waals surface area contributed by atoms with Gasteiger partial charge < -0.3 is 5.11 Å². The maximum atomic E-state index is 12.9. The van der Waals surface area contributed by atoms with Crippen molar-refractivity contribution >= 4 is 0 Å². The van der Waals surface area contributed by atoms with Crippen LogP contribution in [-0.4, -0.2) is 42.2 Å². The van der Waals surface area contributed by atoms with Crippen LogP contribution in [-0.2, 0) is 0 Å². The molecular formula is C15H29F2NO. The molecule has 0 amide bonds. The third-order valence-corrected chi connectivity index (χ3v) is 4.22. The van der Waals surface area contributed by atoms with E-state index in [1.807, 2.05) is 18.7 Å². The molecular weight excluding hydrogens is 248 g/mol. The van der Waals surface area contributed by atoms with Crippen molar-refractivity contribution in [2.24, 2.45) is 17.8 Å². The van der Waals surface area contributed by atoms with Gasteiger partial charge in [0, 0.05) is 13.5 Å². The van der Waals surface area contributed by atoms with Crippen molar-refractivity contribution in [2.45, 2.75) is 52.4 Å². The summed E-state index contributed by atoms with van der Waals surface area (Å²) in [6.45, 7) is 6.83. The van der Waals surface area contributed by atoms with Gasteiger partial charge in [0.15, 0.2) is 0 Å². The smallest absolute Gasteiger partial charge is 0.257 e. The van der Waals surface area contributed by atoms with Gasteiger partial charge in [0.2, 0.25) is 0 Å². The lowest BCUT2D eigenvalue weighted by atomic mass is 9.90. The molecule has 2 rings (SSSR count). The predicted octanol–water partition coefficient (Wildman–Crippen LogP) is 3.40. The fraction of sp³-hybridized carbons (Fsp3) is 1.00. The first-order valence-electron chi connectivity index (χ1n) is 7.70. The molecule has 0 radical (unpaired) electrons. The molecule has 0 bridgehead atoms. The number of hydrogen-bond donors (Lipinski definition) is 1. The average molecular weight is 277 g/mol. The summed E-state index contributed by atoms with van der Waals surface area (Å²) in [5.41, 5.74) is 0. The van der Waals surface area contributed by atoms with Crippen LogP contribution < -0.4 is 0 Å². The number of nitrogens with zero attached hydrogens (tertiary/aromatic N) is 1. The lowest BCUT2D eigenvalue weighted by Crippen LogP contribution is -2.41. The van der Waals surface area contributed by atoms with E-state index in [9.17, 15) is 8.78 Å². The standard InChI is InChI=1S/C13H23F2NO.C2H6/c1-13(14,15)9-16-5-2-10(3-6-16)12-8-11(12)4-7-17;1-2/h10-12,17H,2-9H2,1H3;1-2H3/t11?,12-;/m1./s1. The minimum atomic E-state index is -2.56. The molecule has 2 atom stereocenters. The van der Waals surface area contributed by atoms with Crippen molar-refractivity contribution in [3.05, 3.63) is 0 Å². The van der Waals surface area contributed by atoms with Crippen LogP contribution in [0.5, 0.6) is 0 Å². The fourth-order valence-electron chi connectivity index (χ4n) is 3.28. The van der Waals surface area contributed by atoms with E-state index in [1.165, 1.54) is 6.42 Å². The molecule has 4 heteroatoms. The van der Waals surface area contributed by atoms with Crippen LogP contribution in [0, 0.1) is 17.8 Å². The first-order chi connectivity index (χ1) is 8.99. The second-order valence-corrected chi connectivity index (χ2v) is 5.86. The maximum absolute atomic E-state index is 12.9. The Balaban J connectivity index is 0.000000861. The van der Waals surface area contributed by atoms with E-state index in [0.29, 0.717) is 18.4 Å². The summed E-state index contributed by atoms with van der Waals surface area (Å²) in [5, 5.41) is 8.87. The molecule has 2 nitrogen and oxygen atoms in total. The zero-order chi connectivity index (χ0) is 14.5. The van der Waals surface area contributed by atoms with Gasteiger partial charge in [0.25, 0.3) is 5.92 Å². The molecule has 1 heterocycles. The SMILES string of the molecule is CC.CC(F)(F)CN1CCC([C@H]2CC2CCO)CC1. The van der Waals surface area contributed by atoms with E-state index in [0.717, 1.165) is 45.2 Å². The normalized spacial score (nSPS) is 28.7. The van der Waals surface area contributed by atoms with E-state index < -0.39 is 5.92 Å². The molecule has 1 aliphatic heterocycles. The van der Waals surface area contributed by atoms with Crippen LogP contribution in [0.4, 0.5) is 8.78 Å². The molecule has 1 saturated heterocycles. The zero-order valence-electron chi connectivity index (χ0n) is 12.5. The number of aliphatic hydroxyl groups is 1. The molecule has 1 unspecified atom stereocenters. The second-order valence-electron chi connectivity index (χ2n) is 5.86. The summed E-state index contributed by atoms with van der Waals surface area (Å²) in [6.07, 6.45) is 4.29. The fourth-order valence-corrected chi connectivity index (χ4v) is 3.28. The van der Waals surface area contributed by atoms with Gasteiger partial charge in [0.05, 0.1) is 6.54 Å². The number of hydrogen-bond acceptors (Lipinski definition) is 2. The van der Waals surface area contributed by atoms with Gasteiger partial charge in [-0.3, -0.25) is 4.90 Å². The van der Waals surface area contributed by atoms with E-state index in [2.05, 4.69) is 0 Å². The Morgan fingerprint density at radius 1 is 1.21 bits per heavy atom. The van der Waals surface area contributed by atoms with Crippen LogP contribution in [0.15, 0.2) is 0 Å². The van der Waals surface area contributed by atoms with Crippen molar-refractivity contribution in [1.29, 1.82) is 0 Å². The number of aliphatic hydroxyl groups excluding tert-OH is 1. The minimum Gasteiger partial charge on any atom is -0.396 e. The number of likely N-dealkylation sites (tertiary alicyclic amines) is 1. The van der Waals surface area contributed by atoms with E-state index in [-0.39, 0.29) is 6.54 Å². The van der Waals surface area contributed by atoms with Crippen molar-refractivity contribution < 1.29 is 13.9 Å². The molecule has 2 fully saturated rings. The monoisotopic (exact) mass is 277 g/mol. The Morgan fingerprint density at radius 2 is 1.79 bits per heavy atom. The van der Waals surface area contributed by atoms with Crippen LogP contribution in [0.25, 0.3) is 0 Å². The maximum Gasteiger partial charge on any atom is 0.257 e. The first kappa shape index (κ1) is 16.8.